The van der Waals surface area contributed by atoms with E-state index in [1.165, 1.54) is 0 Å². The van der Waals surface area contributed by atoms with Crippen LogP contribution in [0.3, 0.4) is 0 Å². The fraction of sp³-hybridized carbons (Fsp3) is 0.929. The SMILES string of the molecule is CCC(CC)N(CCO)CC(=O)N(CC)C1CC1. The largest absolute Gasteiger partial charge is 0.395 e. The zero-order valence-corrected chi connectivity index (χ0v) is 12.1. The normalized spacial score (nSPS) is 15.4. The molecule has 0 aliphatic heterocycles. The van der Waals surface area contributed by atoms with Crippen LogP contribution in [0.1, 0.15) is 46.5 Å². The Morgan fingerprint density at radius 1 is 1.28 bits per heavy atom. The molecule has 0 bridgehead atoms. The summed E-state index contributed by atoms with van der Waals surface area (Å²) in [5.41, 5.74) is 0. The van der Waals surface area contributed by atoms with E-state index < -0.39 is 0 Å². The van der Waals surface area contributed by atoms with Gasteiger partial charge in [-0.05, 0) is 32.6 Å². The molecule has 0 spiro atoms. The molecule has 0 aromatic carbocycles. The molecular weight excluding hydrogens is 228 g/mol. The monoisotopic (exact) mass is 256 g/mol. The van der Waals surface area contributed by atoms with Crippen LogP contribution in [0, 0.1) is 0 Å². The number of aliphatic hydroxyl groups is 1. The summed E-state index contributed by atoms with van der Waals surface area (Å²) in [5, 5.41) is 9.14. The van der Waals surface area contributed by atoms with Gasteiger partial charge in [0.05, 0.1) is 13.2 Å². The molecule has 1 amide bonds. The number of carbonyl (C=O) groups is 1. The predicted octanol–water partition coefficient (Wildman–Crippen LogP) is 1.48. The first-order chi connectivity index (χ1) is 8.67. The van der Waals surface area contributed by atoms with Crippen LogP contribution in [0.25, 0.3) is 0 Å². The van der Waals surface area contributed by atoms with E-state index in [9.17, 15) is 4.79 Å². The van der Waals surface area contributed by atoms with E-state index in [0.29, 0.717) is 25.2 Å². The van der Waals surface area contributed by atoms with Crippen LogP contribution < -0.4 is 0 Å². The van der Waals surface area contributed by atoms with Gasteiger partial charge in [-0.2, -0.15) is 0 Å². The maximum absolute atomic E-state index is 12.3. The lowest BCUT2D eigenvalue weighted by atomic mass is 10.1. The van der Waals surface area contributed by atoms with E-state index in [1.54, 1.807) is 0 Å². The molecule has 0 saturated heterocycles. The highest BCUT2D eigenvalue weighted by molar-refractivity contribution is 5.79. The van der Waals surface area contributed by atoms with E-state index in [4.69, 9.17) is 5.11 Å². The summed E-state index contributed by atoms with van der Waals surface area (Å²) in [5.74, 6) is 0.223. The highest BCUT2D eigenvalue weighted by Crippen LogP contribution is 2.26. The van der Waals surface area contributed by atoms with Crippen molar-refractivity contribution in [1.29, 1.82) is 0 Å². The van der Waals surface area contributed by atoms with Gasteiger partial charge in [-0.15, -0.1) is 0 Å². The Kier molecular flexibility index (Phi) is 6.65. The minimum absolute atomic E-state index is 0.124. The van der Waals surface area contributed by atoms with Crippen LogP contribution >= 0.6 is 0 Å². The van der Waals surface area contributed by atoms with E-state index >= 15 is 0 Å². The van der Waals surface area contributed by atoms with Gasteiger partial charge in [-0.3, -0.25) is 9.69 Å². The van der Waals surface area contributed by atoms with Crippen molar-refractivity contribution in [3.8, 4) is 0 Å². The number of hydrogen-bond acceptors (Lipinski definition) is 3. The minimum atomic E-state index is 0.124. The number of aliphatic hydroxyl groups excluding tert-OH is 1. The lowest BCUT2D eigenvalue weighted by Crippen LogP contribution is -2.46. The van der Waals surface area contributed by atoms with E-state index in [1.807, 2.05) is 11.8 Å². The minimum Gasteiger partial charge on any atom is -0.395 e. The predicted molar refractivity (Wildman–Crippen MR) is 73.4 cm³/mol. The summed E-state index contributed by atoms with van der Waals surface area (Å²) in [6.45, 7) is 8.31. The molecule has 1 aliphatic rings. The van der Waals surface area contributed by atoms with Crippen molar-refractivity contribution >= 4 is 5.91 Å². The molecule has 0 aromatic rings. The number of nitrogens with zero attached hydrogens (tertiary/aromatic N) is 2. The first kappa shape index (κ1) is 15.4. The summed E-state index contributed by atoms with van der Waals surface area (Å²) in [6, 6.07) is 0.888. The summed E-state index contributed by atoms with van der Waals surface area (Å²) < 4.78 is 0. The van der Waals surface area contributed by atoms with Crippen molar-refractivity contribution in [1.82, 2.24) is 9.80 Å². The van der Waals surface area contributed by atoms with Gasteiger partial charge < -0.3 is 10.0 Å². The second kappa shape index (κ2) is 7.74. The Morgan fingerprint density at radius 2 is 1.89 bits per heavy atom. The molecule has 1 saturated carbocycles. The zero-order chi connectivity index (χ0) is 13.5. The van der Waals surface area contributed by atoms with Crippen LogP contribution in [0.15, 0.2) is 0 Å². The van der Waals surface area contributed by atoms with Crippen LogP contribution in [0.2, 0.25) is 0 Å². The Labute approximate surface area is 111 Å². The highest BCUT2D eigenvalue weighted by atomic mass is 16.3. The average Bonchev–Trinajstić information content (AvgIpc) is 3.16. The Morgan fingerprint density at radius 3 is 2.28 bits per heavy atom. The first-order valence-electron chi connectivity index (χ1n) is 7.32. The summed E-state index contributed by atoms with van der Waals surface area (Å²) in [4.78, 5) is 16.4. The average molecular weight is 256 g/mol. The summed E-state index contributed by atoms with van der Waals surface area (Å²) in [6.07, 6.45) is 4.37. The molecule has 18 heavy (non-hydrogen) atoms. The smallest absolute Gasteiger partial charge is 0.236 e. The molecule has 1 N–H and O–H groups in total. The fourth-order valence-electron chi connectivity index (χ4n) is 2.61. The van der Waals surface area contributed by atoms with Gasteiger partial charge in [-0.1, -0.05) is 13.8 Å². The van der Waals surface area contributed by atoms with Gasteiger partial charge in [0, 0.05) is 25.2 Å². The van der Waals surface area contributed by atoms with Gasteiger partial charge in [0.15, 0.2) is 0 Å². The van der Waals surface area contributed by atoms with Crippen molar-refractivity contribution in [3.63, 3.8) is 0 Å². The molecule has 0 aromatic heterocycles. The number of likely N-dealkylation sites (N-methyl/N-ethyl adjacent to an activating group) is 1. The van der Waals surface area contributed by atoms with Gasteiger partial charge in [0.2, 0.25) is 5.91 Å². The zero-order valence-electron chi connectivity index (χ0n) is 12.1. The Bertz CT molecular complexity index is 250. The van der Waals surface area contributed by atoms with Crippen molar-refractivity contribution in [2.45, 2.75) is 58.5 Å². The fourth-order valence-corrected chi connectivity index (χ4v) is 2.61. The second-order valence-corrected chi connectivity index (χ2v) is 5.08. The van der Waals surface area contributed by atoms with E-state index in [0.717, 1.165) is 32.2 Å². The molecule has 4 heteroatoms. The van der Waals surface area contributed by atoms with E-state index in [-0.39, 0.29) is 12.5 Å². The maximum atomic E-state index is 12.3. The highest BCUT2D eigenvalue weighted by Gasteiger charge is 2.32. The number of rotatable bonds is 9. The molecule has 1 fully saturated rings. The third-order valence-corrected chi connectivity index (χ3v) is 3.83. The van der Waals surface area contributed by atoms with Crippen LogP contribution in [-0.2, 0) is 4.79 Å². The second-order valence-electron chi connectivity index (χ2n) is 5.08. The topological polar surface area (TPSA) is 43.8 Å². The molecule has 1 aliphatic carbocycles. The molecule has 0 radical (unpaired) electrons. The standard InChI is InChI=1S/C14H28N2O2/c1-4-12(5-2)15(9-10-17)11-14(18)16(6-3)13-7-8-13/h12-13,17H,4-11H2,1-3H3. The van der Waals surface area contributed by atoms with Crippen molar-refractivity contribution in [2.24, 2.45) is 0 Å². The lowest BCUT2D eigenvalue weighted by molar-refractivity contribution is -0.133. The number of hydrogen-bond donors (Lipinski definition) is 1. The third-order valence-electron chi connectivity index (χ3n) is 3.83. The van der Waals surface area contributed by atoms with Gasteiger partial charge in [0.1, 0.15) is 0 Å². The van der Waals surface area contributed by atoms with E-state index in [2.05, 4.69) is 18.7 Å². The van der Waals surface area contributed by atoms with Gasteiger partial charge in [0.25, 0.3) is 0 Å². The number of carbonyl (C=O) groups excluding carboxylic acids is 1. The van der Waals surface area contributed by atoms with Gasteiger partial charge in [-0.25, -0.2) is 0 Å². The molecule has 0 unspecified atom stereocenters. The van der Waals surface area contributed by atoms with Crippen molar-refractivity contribution in [3.05, 3.63) is 0 Å². The molecule has 0 heterocycles. The van der Waals surface area contributed by atoms with Crippen LogP contribution in [0.5, 0.6) is 0 Å². The maximum Gasteiger partial charge on any atom is 0.236 e. The molecular formula is C14H28N2O2. The Hall–Kier alpha value is -0.610. The molecule has 0 atom stereocenters. The first-order valence-corrected chi connectivity index (χ1v) is 7.32. The lowest BCUT2D eigenvalue weighted by Gasteiger charge is -2.31. The van der Waals surface area contributed by atoms with Crippen LogP contribution in [0.4, 0.5) is 0 Å². The summed E-state index contributed by atoms with van der Waals surface area (Å²) >= 11 is 0. The molecule has 106 valence electrons. The Balaban J connectivity index is 2.55. The molecule has 1 rings (SSSR count). The summed E-state index contributed by atoms with van der Waals surface area (Å²) in [7, 11) is 0. The molecule has 4 nitrogen and oxygen atoms in total. The number of amides is 1. The van der Waals surface area contributed by atoms with Crippen LogP contribution in [-0.4, -0.2) is 59.1 Å². The quantitative estimate of drug-likeness (QED) is 0.679. The third kappa shape index (κ3) is 4.25. The van der Waals surface area contributed by atoms with Crippen molar-refractivity contribution < 1.29 is 9.90 Å². The van der Waals surface area contributed by atoms with Crippen molar-refractivity contribution in [2.75, 3.05) is 26.2 Å². The van der Waals surface area contributed by atoms with Gasteiger partial charge >= 0.3 is 0 Å².